The Morgan fingerprint density at radius 2 is 2.15 bits per heavy atom. The van der Waals surface area contributed by atoms with Crippen molar-refractivity contribution in [3.8, 4) is 0 Å². The molecule has 0 bridgehead atoms. The van der Waals surface area contributed by atoms with Gasteiger partial charge in [0.15, 0.2) is 0 Å². The average Bonchev–Trinajstić information content (AvgIpc) is 2.60. The summed E-state index contributed by atoms with van der Waals surface area (Å²) in [4.78, 5) is 12.9. The third kappa shape index (κ3) is 2.69. The van der Waals surface area contributed by atoms with Crippen molar-refractivity contribution in [3.63, 3.8) is 0 Å². The van der Waals surface area contributed by atoms with Gasteiger partial charge in [0.05, 0.1) is 6.61 Å². The normalized spacial score (nSPS) is 31.9. The molecule has 1 aliphatic heterocycles. The van der Waals surface area contributed by atoms with Crippen molar-refractivity contribution < 1.29 is 9.53 Å². The van der Waals surface area contributed by atoms with Gasteiger partial charge in [-0.3, -0.25) is 9.69 Å². The molecule has 13 heavy (non-hydrogen) atoms. The van der Waals surface area contributed by atoms with Gasteiger partial charge in [-0.15, -0.1) is 0 Å². The number of nitrogens with zero attached hydrogens (tertiary/aromatic N) is 1. The van der Waals surface area contributed by atoms with E-state index >= 15 is 0 Å². The summed E-state index contributed by atoms with van der Waals surface area (Å²) in [5.41, 5.74) is 0. The van der Waals surface area contributed by atoms with E-state index in [2.05, 4.69) is 25.7 Å². The monoisotopic (exact) mass is 185 g/mol. The first-order chi connectivity index (χ1) is 6.04. The van der Waals surface area contributed by atoms with Gasteiger partial charge in [-0.25, -0.2) is 0 Å². The summed E-state index contributed by atoms with van der Waals surface area (Å²) in [6.45, 7) is 8.63. The molecule has 76 valence electrons. The minimum absolute atomic E-state index is 0.176. The lowest BCUT2D eigenvalue weighted by Crippen LogP contribution is -2.14. The fourth-order valence-corrected chi connectivity index (χ4v) is 2.00. The van der Waals surface area contributed by atoms with Crippen LogP contribution in [0.3, 0.4) is 0 Å². The topological polar surface area (TPSA) is 29.3 Å². The van der Waals surface area contributed by atoms with Crippen LogP contribution in [-0.2, 0) is 9.53 Å². The molecular formula is C10H19NO2. The van der Waals surface area contributed by atoms with E-state index in [-0.39, 0.29) is 5.97 Å². The Labute approximate surface area is 80.1 Å². The van der Waals surface area contributed by atoms with Crippen molar-refractivity contribution >= 4 is 5.97 Å². The standard InChI is InChI=1S/C10H19NO2/c1-7(2)11-8(3)10(11)5-6-13-9(4)12/h7-8,10H,5-6H2,1-4H3/t8-,10+,11?/m1/s1. The Morgan fingerprint density at radius 3 is 2.54 bits per heavy atom. The average molecular weight is 185 g/mol. The molecule has 0 aromatic carbocycles. The molecule has 3 heteroatoms. The van der Waals surface area contributed by atoms with Gasteiger partial charge in [0.25, 0.3) is 0 Å². The Hall–Kier alpha value is -0.570. The maximum absolute atomic E-state index is 10.5. The van der Waals surface area contributed by atoms with Crippen LogP contribution in [0.1, 0.15) is 34.1 Å². The Bertz CT molecular complexity index is 191. The van der Waals surface area contributed by atoms with Crippen LogP contribution in [-0.4, -0.2) is 35.6 Å². The summed E-state index contributed by atoms with van der Waals surface area (Å²) in [5, 5.41) is 0. The highest BCUT2D eigenvalue weighted by Gasteiger charge is 2.44. The highest BCUT2D eigenvalue weighted by Crippen LogP contribution is 2.32. The molecule has 0 aliphatic carbocycles. The lowest BCUT2D eigenvalue weighted by atomic mass is 10.3. The van der Waals surface area contributed by atoms with Crippen molar-refractivity contribution in [2.45, 2.75) is 52.2 Å². The minimum Gasteiger partial charge on any atom is -0.466 e. The number of hydrogen-bond donors (Lipinski definition) is 0. The number of ether oxygens (including phenoxy) is 1. The van der Waals surface area contributed by atoms with Gasteiger partial charge < -0.3 is 4.74 Å². The van der Waals surface area contributed by atoms with E-state index < -0.39 is 0 Å². The van der Waals surface area contributed by atoms with E-state index in [0.29, 0.717) is 24.7 Å². The van der Waals surface area contributed by atoms with E-state index in [0.717, 1.165) is 6.42 Å². The van der Waals surface area contributed by atoms with Gasteiger partial charge >= 0.3 is 5.97 Å². The summed E-state index contributed by atoms with van der Waals surface area (Å²) >= 11 is 0. The fourth-order valence-electron chi connectivity index (χ4n) is 2.00. The molecular weight excluding hydrogens is 166 g/mol. The molecule has 0 amide bonds. The third-order valence-electron chi connectivity index (χ3n) is 2.64. The number of carbonyl (C=O) groups is 1. The summed E-state index contributed by atoms with van der Waals surface area (Å²) < 4.78 is 4.90. The zero-order chi connectivity index (χ0) is 10.0. The SMILES string of the molecule is CC(=O)OCC[C@H]1[C@@H](C)N1C(C)C. The van der Waals surface area contributed by atoms with Crippen LogP contribution in [0, 0.1) is 0 Å². The molecule has 0 N–H and O–H groups in total. The summed E-state index contributed by atoms with van der Waals surface area (Å²) in [6.07, 6.45) is 0.971. The van der Waals surface area contributed by atoms with Crippen LogP contribution in [0.15, 0.2) is 0 Å². The first kappa shape index (κ1) is 10.5. The van der Waals surface area contributed by atoms with E-state index in [9.17, 15) is 4.79 Å². The quantitative estimate of drug-likeness (QED) is 0.490. The molecule has 0 spiro atoms. The molecule has 3 atom stereocenters. The molecule has 1 fully saturated rings. The van der Waals surface area contributed by atoms with Crippen molar-refractivity contribution in [1.29, 1.82) is 0 Å². The molecule has 0 aromatic rings. The highest BCUT2D eigenvalue weighted by molar-refractivity contribution is 5.65. The highest BCUT2D eigenvalue weighted by atomic mass is 16.5. The number of esters is 1. The Morgan fingerprint density at radius 1 is 1.54 bits per heavy atom. The van der Waals surface area contributed by atoms with Crippen molar-refractivity contribution in [2.75, 3.05) is 6.61 Å². The van der Waals surface area contributed by atoms with E-state index in [4.69, 9.17) is 4.74 Å². The van der Waals surface area contributed by atoms with Crippen molar-refractivity contribution in [1.82, 2.24) is 4.90 Å². The number of rotatable bonds is 4. The van der Waals surface area contributed by atoms with Gasteiger partial charge in [0.2, 0.25) is 0 Å². The van der Waals surface area contributed by atoms with Gasteiger partial charge in [-0.2, -0.15) is 0 Å². The predicted octanol–water partition coefficient (Wildman–Crippen LogP) is 1.42. The molecule has 0 radical (unpaired) electrons. The van der Waals surface area contributed by atoms with Crippen molar-refractivity contribution in [3.05, 3.63) is 0 Å². The van der Waals surface area contributed by atoms with Gasteiger partial charge in [-0.05, 0) is 27.2 Å². The van der Waals surface area contributed by atoms with Gasteiger partial charge in [0, 0.05) is 25.0 Å². The number of hydrogen-bond acceptors (Lipinski definition) is 3. The zero-order valence-corrected chi connectivity index (χ0v) is 8.91. The minimum atomic E-state index is -0.176. The third-order valence-corrected chi connectivity index (χ3v) is 2.64. The molecule has 1 rings (SSSR count). The van der Waals surface area contributed by atoms with Crippen LogP contribution in [0.5, 0.6) is 0 Å². The molecule has 1 unspecified atom stereocenters. The molecule has 1 saturated heterocycles. The Balaban J connectivity index is 2.15. The zero-order valence-electron chi connectivity index (χ0n) is 8.91. The van der Waals surface area contributed by atoms with Crippen LogP contribution < -0.4 is 0 Å². The van der Waals surface area contributed by atoms with E-state index in [1.54, 1.807) is 0 Å². The molecule has 0 saturated carbocycles. The number of carbonyl (C=O) groups excluding carboxylic acids is 1. The largest absolute Gasteiger partial charge is 0.466 e. The lowest BCUT2D eigenvalue weighted by molar-refractivity contribution is -0.141. The second-order valence-corrected chi connectivity index (χ2v) is 3.98. The van der Waals surface area contributed by atoms with Crippen LogP contribution >= 0.6 is 0 Å². The predicted molar refractivity (Wildman–Crippen MR) is 51.5 cm³/mol. The summed E-state index contributed by atoms with van der Waals surface area (Å²) in [7, 11) is 0. The smallest absolute Gasteiger partial charge is 0.302 e. The second-order valence-electron chi connectivity index (χ2n) is 3.98. The maximum Gasteiger partial charge on any atom is 0.302 e. The second kappa shape index (κ2) is 4.09. The van der Waals surface area contributed by atoms with E-state index in [1.807, 2.05) is 0 Å². The van der Waals surface area contributed by atoms with Crippen LogP contribution in [0.2, 0.25) is 0 Å². The molecule has 1 heterocycles. The summed E-state index contributed by atoms with van der Waals surface area (Å²) in [5.74, 6) is -0.176. The van der Waals surface area contributed by atoms with Crippen LogP contribution in [0.25, 0.3) is 0 Å². The molecule has 0 aromatic heterocycles. The Kier molecular flexibility index (Phi) is 3.31. The first-order valence-corrected chi connectivity index (χ1v) is 4.95. The van der Waals surface area contributed by atoms with Gasteiger partial charge in [0.1, 0.15) is 0 Å². The lowest BCUT2D eigenvalue weighted by Gasteiger charge is -2.07. The molecule has 3 nitrogen and oxygen atoms in total. The summed E-state index contributed by atoms with van der Waals surface area (Å²) in [6, 6.07) is 1.90. The fraction of sp³-hybridized carbons (Fsp3) is 0.900. The van der Waals surface area contributed by atoms with E-state index in [1.165, 1.54) is 6.92 Å². The van der Waals surface area contributed by atoms with Gasteiger partial charge in [-0.1, -0.05) is 0 Å². The van der Waals surface area contributed by atoms with Crippen LogP contribution in [0.4, 0.5) is 0 Å². The first-order valence-electron chi connectivity index (χ1n) is 4.95. The van der Waals surface area contributed by atoms with Crippen molar-refractivity contribution in [2.24, 2.45) is 0 Å². The molecule has 1 aliphatic rings. The maximum atomic E-state index is 10.5.